The van der Waals surface area contributed by atoms with Crippen molar-refractivity contribution in [3.63, 3.8) is 0 Å². The van der Waals surface area contributed by atoms with Gasteiger partial charge in [0.1, 0.15) is 17.6 Å². The Kier molecular flexibility index (Phi) is 3.67. The highest BCUT2D eigenvalue weighted by Gasteiger charge is 2.27. The lowest BCUT2D eigenvalue weighted by atomic mass is 10.4. The van der Waals surface area contributed by atoms with Crippen LogP contribution in [0.25, 0.3) is 5.65 Å². The van der Waals surface area contributed by atoms with Crippen LogP contribution in [-0.4, -0.2) is 39.0 Å². The third-order valence-corrected chi connectivity index (χ3v) is 2.34. The number of hydrogen-bond donors (Lipinski definition) is 0. The molecule has 0 atom stereocenters. The van der Waals surface area contributed by atoms with Gasteiger partial charge >= 0.3 is 6.18 Å². The molecule has 9 heteroatoms. The van der Waals surface area contributed by atoms with Crippen LogP contribution in [0.2, 0.25) is 5.15 Å². The lowest BCUT2D eigenvalue weighted by Gasteiger charge is -2.06. The summed E-state index contributed by atoms with van der Waals surface area (Å²) in [5.41, 5.74) is 0.438. The van der Waals surface area contributed by atoms with E-state index in [0.29, 0.717) is 16.6 Å². The molecule has 0 bridgehead atoms. The average molecular weight is 281 g/mol. The summed E-state index contributed by atoms with van der Waals surface area (Å²) in [6.45, 7) is -1.39. The molecule has 5 nitrogen and oxygen atoms in total. The monoisotopic (exact) mass is 280 g/mol. The van der Waals surface area contributed by atoms with Crippen molar-refractivity contribution in [1.29, 1.82) is 0 Å². The van der Waals surface area contributed by atoms with Crippen LogP contribution < -0.4 is 0 Å². The highest BCUT2D eigenvalue weighted by atomic mass is 35.5. The summed E-state index contributed by atoms with van der Waals surface area (Å²) in [4.78, 5) is 3.82. The zero-order valence-electron chi connectivity index (χ0n) is 8.98. The van der Waals surface area contributed by atoms with Crippen LogP contribution in [0, 0.1) is 0 Å². The first-order valence-electron chi connectivity index (χ1n) is 4.95. The molecule has 0 aliphatic heterocycles. The van der Waals surface area contributed by atoms with Gasteiger partial charge < -0.3 is 4.74 Å². The summed E-state index contributed by atoms with van der Waals surface area (Å²) >= 11 is 5.89. The van der Waals surface area contributed by atoms with Gasteiger partial charge in [-0.05, 0) is 0 Å². The molecule has 2 aromatic rings. The second kappa shape index (κ2) is 5.07. The SMILES string of the molecule is FC(F)(F)COCCc1nnc2cncc(Cl)n12. The van der Waals surface area contributed by atoms with Gasteiger partial charge in [0.15, 0.2) is 5.65 Å². The Bertz CT molecular complexity index is 542. The van der Waals surface area contributed by atoms with Crippen molar-refractivity contribution in [3.8, 4) is 0 Å². The Balaban J connectivity index is 2.00. The molecule has 2 rings (SSSR count). The van der Waals surface area contributed by atoms with Crippen molar-refractivity contribution in [3.05, 3.63) is 23.4 Å². The van der Waals surface area contributed by atoms with E-state index in [0.717, 1.165) is 0 Å². The van der Waals surface area contributed by atoms with Gasteiger partial charge in [-0.1, -0.05) is 11.6 Å². The van der Waals surface area contributed by atoms with Crippen LogP contribution in [0.3, 0.4) is 0 Å². The zero-order valence-corrected chi connectivity index (χ0v) is 9.74. The molecule has 0 fully saturated rings. The maximum absolute atomic E-state index is 11.9. The van der Waals surface area contributed by atoms with E-state index >= 15 is 0 Å². The van der Waals surface area contributed by atoms with Crippen molar-refractivity contribution < 1.29 is 17.9 Å². The zero-order chi connectivity index (χ0) is 13.2. The molecule has 0 N–H and O–H groups in total. The van der Waals surface area contributed by atoms with Crippen LogP contribution in [0.1, 0.15) is 5.82 Å². The van der Waals surface area contributed by atoms with Crippen molar-refractivity contribution >= 4 is 17.2 Å². The maximum atomic E-state index is 11.9. The lowest BCUT2D eigenvalue weighted by Crippen LogP contribution is -2.18. The van der Waals surface area contributed by atoms with Gasteiger partial charge in [-0.2, -0.15) is 13.2 Å². The first-order valence-corrected chi connectivity index (χ1v) is 5.33. The minimum atomic E-state index is -4.32. The molecular formula is C9H8ClF3N4O. The van der Waals surface area contributed by atoms with Gasteiger partial charge in [-0.25, -0.2) is 0 Å². The second-order valence-corrected chi connectivity index (χ2v) is 3.84. The van der Waals surface area contributed by atoms with Crippen molar-refractivity contribution in [2.45, 2.75) is 12.6 Å². The van der Waals surface area contributed by atoms with Gasteiger partial charge in [0.2, 0.25) is 0 Å². The summed E-state index contributed by atoms with van der Waals surface area (Å²) in [5, 5.41) is 7.91. The fourth-order valence-corrected chi connectivity index (χ4v) is 1.62. The number of aromatic nitrogens is 4. The lowest BCUT2D eigenvalue weighted by molar-refractivity contribution is -0.173. The molecule has 0 aromatic carbocycles. The molecule has 0 spiro atoms. The number of fused-ring (bicyclic) bond motifs is 1. The molecule has 0 unspecified atom stereocenters. The molecule has 0 amide bonds. The molecule has 0 aliphatic rings. The van der Waals surface area contributed by atoms with Crippen molar-refractivity contribution in [1.82, 2.24) is 19.6 Å². The van der Waals surface area contributed by atoms with Gasteiger partial charge in [0.25, 0.3) is 0 Å². The molecule has 18 heavy (non-hydrogen) atoms. The summed E-state index contributed by atoms with van der Waals surface area (Å²) in [7, 11) is 0. The summed E-state index contributed by atoms with van der Waals surface area (Å²) in [6.07, 6.45) is -1.29. The van der Waals surface area contributed by atoms with E-state index in [2.05, 4.69) is 19.9 Å². The molecule has 0 aliphatic carbocycles. The molecule has 0 radical (unpaired) electrons. The minimum absolute atomic E-state index is 0.112. The highest BCUT2D eigenvalue weighted by molar-refractivity contribution is 6.29. The Morgan fingerprint density at radius 2 is 2.06 bits per heavy atom. The fourth-order valence-electron chi connectivity index (χ4n) is 1.38. The second-order valence-electron chi connectivity index (χ2n) is 3.46. The number of ether oxygens (including phenoxy) is 1. The summed E-state index contributed by atoms with van der Waals surface area (Å²) in [5.74, 6) is 0.430. The number of hydrogen-bond acceptors (Lipinski definition) is 4. The maximum Gasteiger partial charge on any atom is 0.411 e. The predicted molar refractivity (Wildman–Crippen MR) is 56.4 cm³/mol. The average Bonchev–Trinajstić information content (AvgIpc) is 2.68. The first-order chi connectivity index (χ1) is 8.47. The summed E-state index contributed by atoms with van der Waals surface area (Å²) < 4.78 is 41.6. The van der Waals surface area contributed by atoms with Crippen LogP contribution in [0.15, 0.2) is 12.4 Å². The molecule has 0 saturated heterocycles. The number of alkyl halides is 3. The minimum Gasteiger partial charge on any atom is -0.372 e. The summed E-state index contributed by atoms with van der Waals surface area (Å²) in [6, 6.07) is 0. The standard InChI is InChI=1S/C9H8ClF3N4O/c10-6-3-14-4-8-16-15-7(17(6)8)1-2-18-5-9(11,12)13/h3-4H,1-2,5H2. The highest BCUT2D eigenvalue weighted by Crippen LogP contribution is 2.15. The van der Waals surface area contributed by atoms with Crippen molar-refractivity contribution in [2.75, 3.05) is 13.2 Å². The van der Waals surface area contributed by atoms with Crippen LogP contribution in [-0.2, 0) is 11.2 Å². The van der Waals surface area contributed by atoms with Gasteiger partial charge in [0.05, 0.1) is 19.0 Å². The van der Waals surface area contributed by atoms with E-state index in [1.54, 1.807) is 0 Å². The van der Waals surface area contributed by atoms with E-state index in [1.807, 2.05) is 0 Å². The van der Waals surface area contributed by atoms with Gasteiger partial charge in [0, 0.05) is 6.42 Å². The fraction of sp³-hybridized carbons (Fsp3) is 0.444. The normalized spacial score (nSPS) is 12.2. The largest absolute Gasteiger partial charge is 0.411 e. The van der Waals surface area contributed by atoms with E-state index in [9.17, 15) is 13.2 Å². The van der Waals surface area contributed by atoms with E-state index in [-0.39, 0.29) is 13.0 Å². The van der Waals surface area contributed by atoms with Crippen molar-refractivity contribution in [2.24, 2.45) is 0 Å². The molecular weight excluding hydrogens is 273 g/mol. The van der Waals surface area contributed by atoms with E-state index < -0.39 is 12.8 Å². The molecule has 0 saturated carbocycles. The first kappa shape index (κ1) is 13.0. The Labute approximate surface area is 105 Å². The number of nitrogens with zero attached hydrogens (tertiary/aromatic N) is 4. The van der Waals surface area contributed by atoms with E-state index in [1.165, 1.54) is 16.8 Å². The molecule has 2 heterocycles. The Morgan fingerprint density at radius 1 is 1.28 bits per heavy atom. The molecule has 98 valence electrons. The smallest absolute Gasteiger partial charge is 0.372 e. The van der Waals surface area contributed by atoms with Crippen LogP contribution >= 0.6 is 11.6 Å². The predicted octanol–water partition coefficient (Wildman–Crippen LogP) is 1.90. The Hall–Kier alpha value is -1.41. The Morgan fingerprint density at radius 3 is 2.78 bits per heavy atom. The van der Waals surface area contributed by atoms with Gasteiger partial charge in [-0.3, -0.25) is 9.38 Å². The van der Waals surface area contributed by atoms with Crippen LogP contribution in [0.4, 0.5) is 13.2 Å². The number of rotatable bonds is 4. The topological polar surface area (TPSA) is 52.3 Å². The van der Waals surface area contributed by atoms with Gasteiger partial charge in [-0.15, -0.1) is 10.2 Å². The van der Waals surface area contributed by atoms with Crippen LogP contribution in [0.5, 0.6) is 0 Å². The third kappa shape index (κ3) is 3.08. The quantitative estimate of drug-likeness (QED) is 0.803. The van der Waals surface area contributed by atoms with E-state index in [4.69, 9.17) is 11.6 Å². The molecule has 2 aromatic heterocycles. The number of halogens is 4. The third-order valence-electron chi connectivity index (χ3n) is 2.08.